The lowest BCUT2D eigenvalue weighted by molar-refractivity contribution is -0.150. The number of benzene rings is 1. The van der Waals surface area contributed by atoms with Crippen LogP contribution in [0.3, 0.4) is 0 Å². The lowest BCUT2D eigenvalue weighted by atomic mass is 9.98. The lowest BCUT2D eigenvalue weighted by Crippen LogP contribution is -2.67. The summed E-state index contributed by atoms with van der Waals surface area (Å²) in [6.45, 7) is 4.10. The van der Waals surface area contributed by atoms with E-state index < -0.39 is 5.54 Å². The third kappa shape index (κ3) is 2.72. The lowest BCUT2D eigenvalue weighted by Gasteiger charge is -2.40. The molecule has 4 nitrogen and oxygen atoms in total. The Morgan fingerprint density at radius 2 is 2.00 bits per heavy atom. The monoisotopic (exact) mass is 322 g/mol. The van der Waals surface area contributed by atoms with Gasteiger partial charge in [-0.2, -0.15) is 11.8 Å². The van der Waals surface area contributed by atoms with Gasteiger partial charge in [-0.15, -0.1) is 0 Å². The molecule has 118 valence electrons. The number of nitrogens with one attached hydrogen (secondary N) is 1. The van der Waals surface area contributed by atoms with Gasteiger partial charge < -0.3 is 10.2 Å². The van der Waals surface area contributed by atoms with Crippen LogP contribution in [0.25, 0.3) is 0 Å². The van der Waals surface area contributed by atoms with Crippen LogP contribution in [0.5, 0.6) is 0 Å². The van der Waals surface area contributed by atoms with Gasteiger partial charge in [-0.05, 0) is 38.0 Å². The normalized spacial score (nSPS) is 26.8. The molecule has 2 atom stereocenters. The van der Waals surface area contributed by atoms with Gasteiger partial charge in [0.15, 0.2) is 0 Å². The predicted octanol–water partition coefficient (Wildman–Crippen LogP) is 1.94. The molecule has 2 saturated heterocycles. The average Bonchev–Trinajstić information content (AvgIpc) is 2.88. The first-order chi connectivity index (χ1) is 10.4. The fourth-order valence-corrected chi connectivity index (χ4v) is 4.38. The summed E-state index contributed by atoms with van der Waals surface area (Å²) >= 11 is 1.66. The molecule has 2 unspecified atom stereocenters. The first-order valence-electron chi connectivity index (χ1n) is 7.37. The summed E-state index contributed by atoms with van der Waals surface area (Å²) in [5.41, 5.74) is 0.206. The van der Waals surface area contributed by atoms with Crippen molar-refractivity contribution in [2.24, 2.45) is 0 Å². The van der Waals surface area contributed by atoms with Crippen molar-refractivity contribution in [2.45, 2.75) is 42.9 Å². The van der Waals surface area contributed by atoms with Crippen molar-refractivity contribution >= 4 is 23.6 Å². The third-order valence-corrected chi connectivity index (χ3v) is 5.64. The smallest absolute Gasteiger partial charge is 0.248 e. The van der Waals surface area contributed by atoms with Gasteiger partial charge in [0.1, 0.15) is 17.4 Å². The molecule has 2 heterocycles. The van der Waals surface area contributed by atoms with Crippen LogP contribution in [0.15, 0.2) is 24.3 Å². The zero-order chi connectivity index (χ0) is 15.9. The number of hydrogen-bond donors (Lipinski definition) is 1. The number of hydrogen-bond acceptors (Lipinski definition) is 3. The van der Waals surface area contributed by atoms with Gasteiger partial charge in [-0.1, -0.05) is 12.1 Å². The Kier molecular flexibility index (Phi) is 3.89. The van der Waals surface area contributed by atoms with Crippen molar-refractivity contribution in [2.75, 3.05) is 6.54 Å². The molecular weight excluding hydrogens is 303 g/mol. The van der Waals surface area contributed by atoms with Crippen LogP contribution < -0.4 is 5.32 Å². The highest BCUT2D eigenvalue weighted by Gasteiger charge is 2.51. The summed E-state index contributed by atoms with van der Waals surface area (Å²) in [7, 11) is 0. The molecule has 2 aliphatic rings. The largest absolute Gasteiger partial charge is 0.340 e. The van der Waals surface area contributed by atoms with E-state index in [-0.39, 0.29) is 28.9 Å². The van der Waals surface area contributed by atoms with Crippen LogP contribution in [0.1, 0.15) is 25.8 Å². The van der Waals surface area contributed by atoms with Crippen LogP contribution in [-0.4, -0.2) is 40.1 Å². The molecule has 0 aromatic heterocycles. The second-order valence-electron chi connectivity index (χ2n) is 6.32. The highest BCUT2D eigenvalue weighted by Crippen LogP contribution is 2.35. The van der Waals surface area contributed by atoms with Gasteiger partial charge in [0.05, 0.1) is 0 Å². The number of halogens is 1. The van der Waals surface area contributed by atoms with Crippen molar-refractivity contribution in [1.29, 1.82) is 0 Å². The van der Waals surface area contributed by atoms with E-state index >= 15 is 0 Å². The molecule has 1 N–H and O–H groups in total. The van der Waals surface area contributed by atoms with E-state index in [1.165, 1.54) is 12.1 Å². The minimum Gasteiger partial charge on any atom is -0.340 e. The first kappa shape index (κ1) is 15.3. The topological polar surface area (TPSA) is 49.4 Å². The van der Waals surface area contributed by atoms with E-state index in [0.717, 1.165) is 12.0 Å². The molecule has 0 radical (unpaired) electrons. The molecule has 1 aromatic carbocycles. The number of nitrogens with zero attached hydrogens (tertiary/aromatic N) is 1. The van der Waals surface area contributed by atoms with E-state index in [1.54, 1.807) is 42.6 Å². The summed E-state index contributed by atoms with van der Waals surface area (Å²) in [5.74, 6) is 0.376. The quantitative estimate of drug-likeness (QED) is 0.925. The van der Waals surface area contributed by atoms with Gasteiger partial charge in [0.2, 0.25) is 11.8 Å². The van der Waals surface area contributed by atoms with Gasteiger partial charge in [0, 0.05) is 17.5 Å². The van der Waals surface area contributed by atoms with E-state index in [1.807, 2.05) is 0 Å². The highest BCUT2D eigenvalue weighted by atomic mass is 32.2. The van der Waals surface area contributed by atoms with Crippen molar-refractivity contribution in [3.63, 3.8) is 0 Å². The Hall–Kier alpha value is -1.56. The number of rotatable bonds is 3. The fourth-order valence-electron chi connectivity index (χ4n) is 3.06. The Morgan fingerprint density at radius 3 is 2.68 bits per heavy atom. The highest BCUT2D eigenvalue weighted by molar-refractivity contribution is 7.99. The Bertz CT molecular complexity index is 603. The van der Waals surface area contributed by atoms with Crippen LogP contribution in [0.2, 0.25) is 0 Å². The number of carbonyl (C=O) groups excluding carboxylic acids is 2. The minimum atomic E-state index is -0.815. The second kappa shape index (κ2) is 5.57. The Labute approximate surface area is 133 Å². The van der Waals surface area contributed by atoms with Crippen LogP contribution in [-0.2, 0) is 15.3 Å². The molecule has 0 bridgehead atoms. The molecule has 0 spiro atoms. The predicted molar refractivity (Wildman–Crippen MR) is 83.8 cm³/mol. The average molecular weight is 322 g/mol. The molecule has 2 amide bonds. The minimum absolute atomic E-state index is 0.0121. The van der Waals surface area contributed by atoms with Gasteiger partial charge in [0.25, 0.3) is 0 Å². The van der Waals surface area contributed by atoms with Crippen molar-refractivity contribution < 1.29 is 14.0 Å². The summed E-state index contributed by atoms with van der Waals surface area (Å²) in [6.07, 6.45) is 0.811. The zero-order valence-electron chi connectivity index (χ0n) is 12.6. The number of thioether (sulfide) groups is 1. The van der Waals surface area contributed by atoms with E-state index in [2.05, 4.69) is 5.32 Å². The second-order valence-corrected chi connectivity index (χ2v) is 7.55. The molecule has 1 aromatic rings. The number of fused-ring (bicyclic) bond motifs is 1. The summed E-state index contributed by atoms with van der Waals surface area (Å²) in [5, 5.41) is 2.91. The van der Waals surface area contributed by atoms with Gasteiger partial charge >= 0.3 is 0 Å². The molecular formula is C16H19FN2O2S. The maximum absolute atomic E-state index is 12.9. The summed E-state index contributed by atoms with van der Waals surface area (Å²) in [4.78, 5) is 26.4. The number of piperazine rings is 1. The van der Waals surface area contributed by atoms with E-state index in [0.29, 0.717) is 12.3 Å². The SMILES string of the molecule is CC1(C)NC(=O)C2C(SCc3ccc(F)cc3)CCN2C1=O. The summed E-state index contributed by atoms with van der Waals surface area (Å²) < 4.78 is 12.9. The molecule has 0 aliphatic carbocycles. The number of carbonyl (C=O) groups is 2. The Morgan fingerprint density at radius 1 is 1.32 bits per heavy atom. The molecule has 2 aliphatic heterocycles. The standard InChI is InChI=1S/C16H19FN2O2S/c1-16(2)15(21)19-8-7-12(13(19)14(20)18-16)22-9-10-3-5-11(17)6-4-10/h3-6,12-13H,7-9H2,1-2H3,(H,18,20). The van der Waals surface area contributed by atoms with E-state index in [4.69, 9.17) is 0 Å². The molecule has 3 rings (SSSR count). The maximum atomic E-state index is 12.9. The van der Waals surface area contributed by atoms with Crippen molar-refractivity contribution in [3.8, 4) is 0 Å². The third-order valence-electron chi connectivity index (χ3n) is 4.22. The number of amides is 2. The van der Waals surface area contributed by atoms with Gasteiger partial charge in [-0.3, -0.25) is 9.59 Å². The van der Waals surface area contributed by atoms with Crippen LogP contribution >= 0.6 is 11.8 Å². The van der Waals surface area contributed by atoms with Crippen LogP contribution in [0, 0.1) is 5.82 Å². The van der Waals surface area contributed by atoms with Crippen LogP contribution in [0.4, 0.5) is 4.39 Å². The van der Waals surface area contributed by atoms with E-state index in [9.17, 15) is 14.0 Å². The zero-order valence-corrected chi connectivity index (χ0v) is 13.5. The molecule has 2 fully saturated rings. The van der Waals surface area contributed by atoms with Crippen molar-refractivity contribution in [1.82, 2.24) is 10.2 Å². The maximum Gasteiger partial charge on any atom is 0.248 e. The summed E-state index contributed by atoms with van der Waals surface area (Å²) in [6, 6.07) is 6.01. The first-order valence-corrected chi connectivity index (χ1v) is 8.42. The molecule has 22 heavy (non-hydrogen) atoms. The Balaban J connectivity index is 1.68. The fraction of sp³-hybridized carbons (Fsp3) is 0.500. The van der Waals surface area contributed by atoms with Gasteiger partial charge in [-0.25, -0.2) is 4.39 Å². The van der Waals surface area contributed by atoms with Crippen molar-refractivity contribution in [3.05, 3.63) is 35.6 Å². The molecule has 0 saturated carbocycles. The molecule has 6 heteroatoms.